The molecule has 0 amide bonds. The first kappa shape index (κ1) is 13.6. The van der Waals surface area contributed by atoms with Gasteiger partial charge in [0.2, 0.25) is 0 Å². The summed E-state index contributed by atoms with van der Waals surface area (Å²) in [6.07, 6.45) is -0.418. The van der Waals surface area contributed by atoms with Crippen LogP contribution in [0.5, 0.6) is 0 Å². The van der Waals surface area contributed by atoms with E-state index in [1.165, 1.54) is 4.88 Å². The van der Waals surface area contributed by atoms with Crippen LogP contribution in [0.25, 0.3) is 0 Å². The molecule has 92 valence electrons. The second kappa shape index (κ2) is 7.79. The highest BCUT2D eigenvalue weighted by Gasteiger charge is 2.04. The van der Waals surface area contributed by atoms with Gasteiger partial charge in [0.05, 0.1) is 12.7 Å². The van der Waals surface area contributed by atoms with Crippen LogP contribution >= 0.6 is 11.3 Å². The summed E-state index contributed by atoms with van der Waals surface area (Å²) >= 11 is 1.72. The van der Waals surface area contributed by atoms with E-state index in [2.05, 4.69) is 30.6 Å². The predicted octanol–water partition coefficient (Wildman–Crippen LogP) is 1.87. The Kier molecular flexibility index (Phi) is 6.64. The Balaban J connectivity index is 2.00. The lowest BCUT2D eigenvalue weighted by molar-refractivity contribution is 0.0261. The number of ether oxygens (including phenoxy) is 1. The topological polar surface area (TPSA) is 41.5 Å². The van der Waals surface area contributed by atoms with Crippen molar-refractivity contribution in [2.75, 3.05) is 19.8 Å². The zero-order valence-electron chi connectivity index (χ0n) is 9.98. The summed E-state index contributed by atoms with van der Waals surface area (Å²) in [6.45, 7) is 6.72. The largest absolute Gasteiger partial charge is 0.389 e. The van der Waals surface area contributed by atoms with Crippen molar-refractivity contribution >= 4 is 11.3 Å². The smallest absolute Gasteiger partial charge is 0.0897 e. The quantitative estimate of drug-likeness (QED) is 0.732. The molecular formula is C12H21NO2S. The highest BCUT2D eigenvalue weighted by Crippen LogP contribution is 2.07. The molecule has 1 aromatic rings. The monoisotopic (exact) mass is 243 g/mol. The Morgan fingerprint density at radius 1 is 1.44 bits per heavy atom. The van der Waals surface area contributed by atoms with Gasteiger partial charge in [-0.3, -0.25) is 0 Å². The second-order valence-corrected chi connectivity index (χ2v) is 5.33. The van der Waals surface area contributed by atoms with E-state index in [0.29, 0.717) is 25.7 Å². The first-order valence-electron chi connectivity index (χ1n) is 5.67. The SMILES string of the molecule is CC(C)COCC(O)CNCc1cccs1. The Bertz CT molecular complexity index is 262. The lowest BCUT2D eigenvalue weighted by Crippen LogP contribution is -2.30. The summed E-state index contributed by atoms with van der Waals surface area (Å²) in [5.74, 6) is 0.520. The number of nitrogens with one attached hydrogen (secondary N) is 1. The molecule has 1 unspecified atom stereocenters. The van der Waals surface area contributed by atoms with E-state index in [1.54, 1.807) is 11.3 Å². The van der Waals surface area contributed by atoms with Crippen LogP contribution in [0.15, 0.2) is 17.5 Å². The van der Waals surface area contributed by atoms with Crippen molar-refractivity contribution in [1.82, 2.24) is 5.32 Å². The van der Waals surface area contributed by atoms with Crippen LogP contribution in [0.1, 0.15) is 18.7 Å². The molecule has 0 bridgehead atoms. The molecule has 4 heteroatoms. The molecule has 0 saturated carbocycles. The third-order valence-corrected chi connectivity index (χ3v) is 2.90. The number of thiophene rings is 1. The summed E-state index contributed by atoms with van der Waals surface area (Å²) in [5, 5.41) is 14.9. The van der Waals surface area contributed by atoms with Crippen molar-refractivity contribution < 1.29 is 9.84 Å². The maximum Gasteiger partial charge on any atom is 0.0897 e. The van der Waals surface area contributed by atoms with Gasteiger partial charge in [-0.15, -0.1) is 11.3 Å². The van der Waals surface area contributed by atoms with Gasteiger partial charge in [0.1, 0.15) is 0 Å². The van der Waals surface area contributed by atoms with Gasteiger partial charge in [-0.1, -0.05) is 19.9 Å². The van der Waals surface area contributed by atoms with E-state index in [4.69, 9.17) is 4.74 Å². The Hall–Kier alpha value is -0.420. The van der Waals surface area contributed by atoms with Gasteiger partial charge in [0.15, 0.2) is 0 Å². The second-order valence-electron chi connectivity index (χ2n) is 4.30. The van der Waals surface area contributed by atoms with Gasteiger partial charge in [-0.05, 0) is 17.4 Å². The Labute approximate surface area is 101 Å². The van der Waals surface area contributed by atoms with Crippen LogP contribution in [0.2, 0.25) is 0 Å². The molecule has 0 radical (unpaired) electrons. The zero-order chi connectivity index (χ0) is 11.8. The molecule has 0 aliphatic carbocycles. The van der Waals surface area contributed by atoms with Crippen LogP contribution < -0.4 is 5.32 Å². The highest BCUT2D eigenvalue weighted by molar-refractivity contribution is 7.09. The summed E-state index contributed by atoms with van der Waals surface area (Å²) in [6, 6.07) is 4.11. The fraction of sp³-hybridized carbons (Fsp3) is 0.667. The van der Waals surface area contributed by atoms with E-state index >= 15 is 0 Å². The molecule has 1 atom stereocenters. The van der Waals surface area contributed by atoms with Crippen molar-refractivity contribution in [1.29, 1.82) is 0 Å². The average molecular weight is 243 g/mol. The molecule has 0 aliphatic rings. The van der Waals surface area contributed by atoms with Gasteiger partial charge in [-0.2, -0.15) is 0 Å². The van der Waals surface area contributed by atoms with Gasteiger partial charge in [0, 0.05) is 24.6 Å². The van der Waals surface area contributed by atoms with E-state index in [-0.39, 0.29) is 0 Å². The lowest BCUT2D eigenvalue weighted by Gasteiger charge is -2.13. The van der Waals surface area contributed by atoms with Gasteiger partial charge in [0.25, 0.3) is 0 Å². The highest BCUT2D eigenvalue weighted by atomic mass is 32.1. The number of rotatable bonds is 8. The minimum Gasteiger partial charge on any atom is -0.389 e. The molecule has 0 saturated heterocycles. The maximum atomic E-state index is 9.61. The number of aliphatic hydroxyl groups is 1. The third-order valence-electron chi connectivity index (χ3n) is 2.02. The van der Waals surface area contributed by atoms with Crippen molar-refractivity contribution in [3.63, 3.8) is 0 Å². The van der Waals surface area contributed by atoms with E-state index < -0.39 is 6.10 Å². The molecule has 2 N–H and O–H groups in total. The summed E-state index contributed by atoms with van der Waals surface area (Å²) in [7, 11) is 0. The molecule has 1 rings (SSSR count). The minimum atomic E-state index is -0.418. The van der Waals surface area contributed by atoms with Gasteiger partial charge < -0.3 is 15.2 Å². The Morgan fingerprint density at radius 2 is 2.25 bits per heavy atom. The molecule has 1 heterocycles. The van der Waals surface area contributed by atoms with E-state index in [1.807, 2.05) is 6.07 Å². The fourth-order valence-electron chi connectivity index (χ4n) is 1.27. The molecule has 3 nitrogen and oxygen atoms in total. The summed E-state index contributed by atoms with van der Waals surface area (Å²) in [4.78, 5) is 1.29. The Morgan fingerprint density at radius 3 is 2.88 bits per heavy atom. The molecule has 0 aliphatic heterocycles. The van der Waals surface area contributed by atoms with Crippen LogP contribution in [0.4, 0.5) is 0 Å². The van der Waals surface area contributed by atoms with Crippen molar-refractivity contribution in [2.24, 2.45) is 5.92 Å². The van der Waals surface area contributed by atoms with E-state index in [9.17, 15) is 5.11 Å². The van der Waals surface area contributed by atoms with Gasteiger partial charge in [-0.25, -0.2) is 0 Å². The summed E-state index contributed by atoms with van der Waals surface area (Å²) < 4.78 is 5.36. The molecule has 1 aromatic heterocycles. The van der Waals surface area contributed by atoms with E-state index in [0.717, 1.165) is 6.54 Å². The molecule has 0 aromatic carbocycles. The lowest BCUT2D eigenvalue weighted by atomic mass is 10.2. The first-order valence-corrected chi connectivity index (χ1v) is 6.55. The van der Waals surface area contributed by atoms with Crippen LogP contribution in [0, 0.1) is 5.92 Å². The van der Waals surface area contributed by atoms with Crippen LogP contribution in [-0.4, -0.2) is 31.0 Å². The van der Waals surface area contributed by atoms with Crippen molar-refractivity contribution in [3.05, 3.63) is 22.4 Å². The molecular weight excluding hydrogens is 222 g/mol. The maximum absolute atomic E-state index is 9.61. The van der Waals surface area contributed by atoms with Crippen molar-refractivity contribution in [2.45, 2.75) is 26.5 Å². The molecule has 0 fully saturated rings. The van der Waals surface area contributed by atoms with Crippen LogP contribution in [-0.2, 0) is 11.3 Å². The number of hydrogen-bond donors (Lipinski definition) is 2. The average Bonchev–Trinajstić information content (AvgIpc) is 2.70. The zero-order valence-corrected chi connectivity index (χ0v) is 10.8. The standard InChI is InChI=1S/C12H21NO2S/c1-10(2)8-15-9-11(14)6-13-7-12-4-3-5-16-12/h3-5,10-11,13-14H,6-9H2,1-2H3. The molecule has 16 heavy (non-hydrogen) atoms. The fourth-order valence-corrected chi connectivity index (χ4v) is 1.95. The summed E-state index contributed by atoms with van der Waals surface area (Å²) in [5.41, 5.74) is 0. The number of aliphatic hydroxyl groups excluding tert-OH is 1. The van der Waals surface area contributed by atoms with Crippen molar-refractivity contribution in [3.8, 4) is 0 Å². The van der Waals surface area contributed by atoms with Gasteiger partial charge >= 0.3 is 0 Å². The normalized spacial score (nSPS) is 13.2. The third kappa shape index (κ3) is 6.23. The minimum absolute atomic E-state index is 0.412. The molecule has 0 spiro atoms. The number of hydrogen-bond acceptors (Lipinski definition) is 4. The van der Waals surface area contributed by atoms with Crippen LogP contribution in [0.3, 0.4) is 0 Å². The first-order chi connectivity index (χ1) is 7.68. The predicted molar refractivity (Wildman–Crippen MR) is 67.7 cm³/mol.